The van der Waals surface area contributed by atoms with Crippen molar-refractivity contribution >= 4 is 17.3 Å². The van der Waals surface area contributed by atoms with Crippen LogP contribution in [0.4, 0.5) is 0 Å². The number of thiazole rings is 1. The summed E-state index contributed by atoms with van der Waals surface area (Å²) in [5.41, 5.74) is 2.58. The Bertz CT molecular complexity index is 957. The smallest absolute Gasteiger partial charge is 0.338 e. The minimum atomic E-state index is -0.299. The van der Waals surface area contributed by atoms with Gasteiger partial charge in [0.05, 0.1) is 24.0 Å². The molecule has 1 atom stereocenters. The molecule has 0 amide bonds. The lowest BCUT2D eigenvalue weighted by Gasteiger charge is -2.33. The molecular weight excluding hydrogens is 410 g/mol. The van der Waals surface area contributed by atoms with Crippen LogP contribution in [0.25, 0.3) is 0 Å². The Labute approximate surface area is 186 Å². The molecule has 0 radical (unpaired) electrons. The minimum Gasteiger partial charge on any atom is -0.462 e. The molecule has 0 aliphatic carbocycles. The maximum Gasteiger partial charge on any atom is 0.338 e. The summed E-state index contributed by atoms with van der Waals surface area (Å²) in [6.07, 6.45) is 5.47. The third kappa shape index (κ3) is 5.76. The number of carbonyl (C=O) groups is 1. The van der Waals surface area contributed by atoms with Gasteiger partial charge in [0.1, 0.15) is 11.1 Å². The third-order valence-corrected chi connectivity index (χ3v) is 6.17. The summed E-state index contributed by atoms with van der Waals surface area (Å²) in [4.78, 5) is 23.3. The number of aromatic nitrogens is 2. The number of likely N-dealkylation sites (tertiary alicyclic amines) is 1. The summed E-state index contributed by atoms with van der Waals surface area (Å²) in [7, 11) is 0. The molecule has 0 saturated carbocycles. The molecule has 1 aliphatic heterocycles. The fourth-order valence-corrected chi connectivity index (χ4v) is 4.50. The van der Waals surface area contributed by atoms with Crippen LogP contribution in [-0.4, -0.2) is 46.6 Å². The lowest BCUT2D eigenvalue weighted by Crippen LogP contribution is -2.37. The average molecular weight is 438 g/mol. The van der Waals surface area contributed by atoms with Gasteiger partial charge in [-0.25, -0.2) is 9.78 Å². The van der Waals surface area contributed by atoms with Crippen molar-refractivity contribution < 1.29 is 14.3 Å². The largest absolute Gasteiger partial charge is 0.462 e. The van der Waals surface area contributed by atoms with Gasteiger partial charge in [-0.15, -0.1) is 11.3 Å². The molecule has 1 unspecified atom stereocenters. The molecule has 4 rings (SSSR count). The van der Waals surface area contributed by atoms with Gasteiger partial charge in [-0.2, -0.15) is 0 Å². The van der Waals surface area contributed by atoms with E-state index in [-0.39, 0.29) is 18.2 Å². The van der Waals surface area contributed by atoms with Gasteiger partial charge in [0.25, 0.3) is 0 Å². The summed E-state index contributed by atoms with van der Waals surface area (Å²) >= 11 is 1.63. The molecule has 0 bridgehead atoms. The summed E-state index contributed by atoms with van der Waals surface area (Å²) in [5, 5.41) is 2.99. The highest BCUT2D eigenvalue weighted by atomic mass is 32.1. The van der Waals surface area contributed by atoms with Crippen molar-refractivity contribution in [2.24, 2.45) is 0 Å². The predicted molar refractivity (Wildman–Crippen MR) is 120 cm³/mol. The monoisotopic (exact) mass is 437 g/mol. The summed E-state index contributed by atoms with van der Waals surface area (Å²) in [6.45, 7) is 4.75. The van der Waals surface area contributed by atoms with Gasteiger partial charge in [0.15, 0.2) is 0 Å². The maximum atomic E-state index is 12.0. The molecule has 1 aromatic carbocycles. The molecule has 1 saturated heterocycles. The van der Waals surface area contributed by atoms with Crippen molar-refractivity contribution in [2.45, 2.75) is 38.5 Å². The molecule has 162 valence electrons. The van der Waals surface area contributed by atoms with E-state index in [9.17, 15) is 4.79 Å². The van der Waals surface area contributed by atoms with Crippen LogP contribution in [0, 0.1) is 0 Å². The number of esters is 1. The Kier molecular flexibility index (Phi) is 7.40. The molecule has 3 aromatic rings. The third-order valence-electron chi connectivity index (χ3n) is 5.35. The van der Waals surface area contributed by atoms with Crippen molar-refractivity contribution in [3.05, 3.63) is 82.1 Å². The predicted octanol–water partition coefficient (Wildman–Crippen LogP) is 4.49. The lowest BCUT2D eigenvalue weighted by molar-refractivity contribution is -0.0283. The first-order valence-corrected chi connectivity index (χ1v) is 11.5. The SMILES string of the molecule is CCOC(=O)c1ccnc(CN2CCC(OC(c3ccccc3)c3nccs3)CC2)c1. The fourth-order valence-electron chi connectivity index (χ4n) is 3.80. The zero-order chi connectivity index (χ0) is 21.5. The van der Waals surface area contributed by atoms with E-state index in [0.29, 0.717) is 18.7 Å². The summed E-state index contributed by atoms with van der Waals surface area (Å²) in [5.74, 6) is -0.299. The molecule has 0 spiro atoms. The summed E-state index contributed by atoms with van der Waals surface area (Å²) < 4.78 is 11.6. The first kappa shape index (κ1) is 21.6. The van der Waals surface area contributed by atoms with Crippen molar-refractivity contribution in [3.8, 4) is 0 Å². The van der Waals surface area contributed by atoms with E-state index >= 15 is 0 Å². The molecule has 31 heavy (non-hydrogen) atoms. The molecule has 2 aromatic heterocycles. The van der Waals surface area contributed by atoms with Gasteiger partial charge in [-0.3, -0.25) is 9.88 Å². The number of rotatable bonds is 8. The molecule has 0 N–H and O–H groups in total. The van der Waals surface area contributed by atoms with Crippen LogP contribution >= 0.6 is 11.3 Å². The van der Waals surface area contributed by atoms with Crippen molar-refractivity contribution in [3.63, 3.8) is 0 Å². The second kappa shape index (κ2) is 10.6. The number of hydrogen-bond acceptors (Lipinski definition) is 7. The summed E-state index contributed by atoms with van der Waals surface area (Å²) in [6, 6.07) is 13.8. The normalized spacial score (nSPS) is 16.2. The van der Waals surface area contributed by atoms with Crippen LogP contribution in [0.1, 0.15) is 52.5 Å². The van der Waals surface area contributed by atoms with E-state index in [2.05, 4.69) is 27.0 Å². The highest BCUT2D eigenvalue weighted by Gasteiger charge is 2.26. The zero-order valence-electron chi connectivity index (χ0n) is 17.6. The van der Waals surface area contributed by atoms with E-state index in [1.54, 1.807) is 23.6 Å². The Morgan fingerprint density at radius 1 is 1.16 bits per heavy atom. The van der Waals surface area contributed by atoms with E-state index in [1.165, 1.54) is 0 Å². The van der Waals surface area contributed by atoms with Gasteiger partial charge < -0.3 is 9.47 Å². The van der Waals surface area contributed by atoms with Crippen molar-refractivity contribution in [1.29, 1.82) is 0 Å². The van der Waals surface area contributed by atoms with Crippen LogP contribution < -0.4 is 0 Å². The number of piperidine rings is 1. The average Bonchev–Trinajstić information content (AvgIpc) is 3.34. The molecule has 3 heterocycles. The number of benzene rings is 1. The first-order valence-electron chi connectivity index (χ1n) is 10.7. The van der Waals surface area contributed by atoms with Crippen LogP contribution in [-0.2, 0) is 16.0 Å². The number of carbonyl (C=O) groups excluding carboxylic acids is 1. The Morgan fingerprint density at radius 3 is 2.68 bits per heavy atom. The van der Waals surface area contributed by atoms with E-state index in [4.69, 9.17) is 9.47 Å². The van der Waals surface area contributed by atoms with Gasteiger partial charge in [0, 0.05) is 37.4 Å². The number of ether oxygens (including phenoxy) is 2. The second-order valence-electron chi connectivity index (χ2n) is 7.53. The second-order valence-corrected chi connectivity index (χ2v) is 8.46. The van der Waals surface area contributed by atoms with Crippen molar-refractivity contribution in [2.75, 3.05) is 19.7 Å². The van der Waals surface area contributed by atoms with Crippen LogP contribution in [0.3, 0.4) is 0 Å². The quantitative estimate of drug-likeness (QED) is 0.484. The maximum absolute atomic E-state index is 12.0. The van der Waals surface area contributed by atoms with Gasteiger partial charge >= 0.3 is 5.97 Å². The van der Waals surface area contributed by atoms with Crippen LogP contribution in [0.15, 0.2) is 60.2 Å². The Hall–Kier alpha value is -2.61. The highest BCUT2D eigenvalue weighted by molar-refractivity contribution is 7.09. The Morgan fingerprint density at radius 2 is 1.97 bits per heavy atom. The lowest BCUT2D eigenvalue weighted by atomic mass is 10.1. The van der Waals surface area contributed by atoms with Crippen LogP contribution in [0.2, 0.25) is 0 Å². The van der Waals surface area contributed by atoms with E-state index in [1.807, 2.05) is 42.8 Å². The Balaban J connectivity index is 1.34. The van der Waals surface area contributed by atoms with Gasteiger partial charge in [-0.1, -0.05) is 30.3 Å². The number of hydrogen-bond donors (Lipinski definition) is 0. The number of pyridine rings is 1. The van der Waals surface area contributed by atoms with Crippen molar-refractivity contribution in [1.82, 2.24) is 14.9 Å². The van der Waals surface area contributed by atoms with Gasteiger partial charge in [-0.05, 0) is 37.5 Å². The molecule has 1 fully saturated rings. The molecule has 1 aliphatic rings. The van der Waals surface area contributed by atoms with E-state index in [0.717, 1.165) is 42.2 Å². The topological polar surface area (TPSA) is 64.5 Å². The van der Waals surface area contributed by atoms with E-state index < -0.39 is 0 Å². The fraction of sp³-hybridized carbons (Fsp3) is 0.375. The van der Waals surface area contributed by atoms with Gasteiger partial charge in [0.2, 0.25) is 0 Å². The first-order chi connectivity index (χ1) is 15.2. The zero-order valence-corrected chi connectivity index (χ0v) is 18.5. The molecule has 6 nitrogen and oxygen atoms in total. The minimum absolute atomic E-state index is 0.124. The highest BCUT2D eigenvalue weighted by Crippen LogP contribution is 2.31. The standard InChI is InChI=1S/C24H27N3O3S/c1-2-29-24(28)19-8-11-25-20(16-19)17-27-13-9-21(10-14-27)30-22(23-26-12-15-31-23)18-6-4-3-5-7-18/h3-8,11-12,15-16,21-22H,2,9-10,13-14,17H2,1H3. The molecular formula is C24H27N3O3S. The van der Waals surface area contributed by atoms with Crippen LogP contribution in [0.5, 0.6) is 0 Å². The molecule has 7 heteroatoms. The number of nitrogens with zero attached hydrogens (tertiary/aromatic N) is 3.